The van der Waals surface area contributed by atoms with E-state index in [1.165, 1.54) is 51.9 Å². The van der Waals surface area contributed by atoms with E-state index in [1.54, 1.807) is 20.8 Å². The van der Waals surface area contributed by atoms with Crippen molar-refractivity contribution in [2.24, 2.45) is 0 Å². The lowest BCUT2D eigenvalue weighted by atomic mass is 10.0. The molecule has 190 valence electrons. The van der Waals surface area contributed by atoms with Gasteiger partial charge in [-0.25, -0.2) is 18.0 Å². The fourth-order valence-electron chi connectivity index (χ4n) is 3.86. The number of benzene rings is 1. The van der Waals surface area contributed by atoms with Crippen LogP contribution in [0.5, 0.6) is 0 Å². The van der Waals surface area contributed by atoms with Crippen LogP contribution in [0.1, 0.15) is 51.9 Å². The third-order valence-corrected chi connectivity index (χ3v) is 8.85. The molecule has 0 unspecified atom stereocenters. The molecule has 3 rings (SSSR count). The number of fused-ring (bicyclic) bond motifs is 1. The second-order valence-corrected chi connectivity index (χ2v) is 10.7. The predicted molar refractivity (Wildman–Crippen MR) is 131 cm³/mol. The quantitative estimate of drug-likeness (QED) is 0.527. The van der Waals surface area contributed by atoms with E-state index in [0.29, 0.717) is 31.1 Å². The molecule has 1 aromatic carbocycles. The van der Waals surface area contributed by atoms with E-state index in [9.17, 15) is 22.8 Å². The number of esters is 1. The summed E-state index contributed by atoms with van der Waals surface area (Å²) in [5.41, 5.74) is 1.26. The number of nitrogens with zero attached hydrogens (tertiary/aromatic N) is 2. The van der Waals surface area contributed by atoms with Crippen molar-refractivity contribution in [2.75, 3.05) is 38.7 Å². The van der Waals surface area contributed by atoms with Crippen LogP contribution in [0.25, 0.3) is 0 Å². The summed E-state index contributed by atoms with van der Waals surface area (Å²) in [5, 5.41) is 3.09. The molecular weight excluding hydrogens is 494 g/mol. The number of anilines is 1. The molecule has 0 saturated heterocycles. The van der Waals surface area contributed by atoms with Crippen molar-refractivity contribution in [2.45, 2.75) is 38.6 Å². The van der Waals surface area contributed by atoms with E-state index in [1.807, 2.05) is 0 Å². The van der Waals surface area contributed by atoms with E-state index in [4.69, 9.17) is 9.47 Å². The van der Waals surface area contributed by atoms with Gasteiger partial charge >= 0.3 is 12.1 Å². The van der Waals surface area contributed by atoms with Crippen LogP contribution < -0.4 is 5.32 Å². The van der Waals surface area contributed by atoms with Gasteiger partial charge in [-0.05, 0) is 43.2 Å². The van der Waals surface area contributed by atoms with Crippen molar-refractivity contribution in [3.63, 3.8) is 0 Å². The first-order valence-corrected chi connectivity index (χ1v) is 13.5. The number of amides is 2. The van der Waals surface area contributed by atoms with Crippen molar-refractivity contribution in [1.29, 1.82) is 0 Å². The van der Waals surface area contributed by atoms with Gasteiger partial charge in [-0.15, -0.1) is 11.3 Å². The Hall–Kier alpha value is -2.96. The number of carbonyl (C=O) groups excluding carboxylic acids is 3. The topological polar surface area (TPSA) is 122 Å². The summed E-state index contributed by atoms with van der Waals surface area (Å²) in [6.45, 7) is 6.70. The molecule has 12 heteroatoms. The smallest absolute Gasteiger partial charge is 0.409 e. The summed E-state index contributed by atoms with van der Waals surface area (Å²) in [4.78, 5) is 40.0. The normalized spacial score (nSPS) is 13.3. The molecule has 0 atom stereocenters. The van der Waals surface area contributed by atoms with Gasteiger partial charge < -0.3 is 19.7 Å². The highest BCUT2D eigenvalue weighted by Crippen LogP contribution is 2.38. The highest BCUT2D eigenvalue weighted by molar-refractivity contribution is 7.89. The van der Waals surface area contributed by atoms with E-state index in [2.05, 4.69) is 5.32 Å². The van der Waals surface area contributed by atoms with E-state index in [-0.39, 0.29) is 29.2 Å². The van der Waals surface area contributed by atoms with Gasteiger partial charge in [0.2, 0.25) is 10.0 Å². The first-order valence-electron chi connectivity index (χ1n) is 11.2. The zero-order valence-electron chi connectivity index (χ0n) is 20.1. The Balaban J connectivity index is 1.88. The molecule has 0 saturated carbocycles. The maximum atomic E-state index is 13.0. The van der Waals surface area contributed by atoms with E-state index >= 15 is 0 Å². The second kappa shape index (κ2) is 11.2. The summed E-state index contributed by atoms with van der Waals surface area (Å²) in [5.74, 6) is -1.04. The molecule has 10 nitrogen and oxygen atoms in total. The molecule has 2 heterocycles. The molecule has 0 spiro atoms. The number of methoxy groups -OCH3 is 1. The monoisotopic (exact) mass is 523 g/mol. The van der Waals surface area contributed by atoms with Crippen LogP contribution in [0, 0.1) is 0 Å². The molecule has 2 amide bonds. The molecule has 0 fully saturated rings. The summed E-state index contributed by atoms with van der Waals surface area (Å²) in [7, 11) is -2.34. The molecule has 1 aliphatic rings. The Morgan fingerprint density at radius 1 is 1.11 bits per heavy atom. The first-order chi connectivity index (χ1) is 16.7. The minimum Gasteiger partial charge on any atom is -0.462 e. The van der Waals surface area contributed by atoms with Gasteiger partial charge in [0.05, 0.1) is 30.7 Å². The van der Waals surface area contributed by atoms with Crippen LogP contribution in [0.4, 0.5) is 9.80 Å². The molecule has 0 bridgehead atoms. The first kappa shape index (κ1) is 26.6. The SMILES string of the molecule is CCOC(=O)c1c(NC(=O)c2ccc(S(=O)(=O)N(CC)CC)cc2)sc2c1CCN(C(=O)OC)C2. The van der Waals surface area contributed by atoms with Crippen LogP contribution in [-0.4, -0.2) is 68.9 Å². The molecule has 1 aliphatic heterocycles. The Bertz CT molecular complexity index is 1200. The largest absolute Gasteiger partial charge is 0.462 e. The average molecular weight is 524 g/mol. The number of thiophene rings is 1. The van der Waals surface area contributed by atoms with Crippen LogP contribution in [0.2, 0.25) is 0 Å². The zero-order chi connectivity index (χ0) is 25.8. The van der Waals surface area contributed by atoms with Crippen LogP contribution in [0.3, 0.4) is 0 Å². The summed E-state index contributed by atoms with van der Waals surface area (Å²) < 4.78 is 36.7. The Labute approximate surface area is 208 Å². The molecular formula is C23H29N3O7S2. The third kappa shape index (κ3) is 5.49. The summed E-state index contributed by atoms with van der Waals surface area (Å²) in [6, 6.07) is 5.65. The lowest BCUT2D eigenvalue weighted by Crippen LogP contribution is -2.35. The Morgan fingerprint density at radius 2 is 1.77 bits per heavy atom. The molecule has 1 aromatic heterocycles. The van der Waals surface area contributed by atoms with Gasteiger partial charge in [-0.1, -0.05) is 13.8 Å². The van der Waals surface area contributed by atoms with Gasteiger partial charge in [0.25, 0.3) is 5.91 Å². The Morgan fingerprint density at radius 3 is 2.34 bits per heavy atom. The molecule has 0 aliphatic carbocycles. The second-order valence-electron chi connectivity index (χ2n) is 7.64. The zero-order valence-corrected chi connectivity index (χ0v) is 21.8. The van der Waals surface area contributed by atoms with Gasteiger partial charge in [0, 0.05) is 30.1 Å². The highest BCUT2D eigenvalue weighted by atomic mass is 32.2. The van der Waals surface area contributed by atoms with Crippen molar-refractivity contribution < 1.29 is 32.3 Å². The van der Waals surface area contributed by atoms with Crippen molar-refractivity contribution in [1.82, 2.24) is 9.21 Å². The standard InChI is InChI=1S/C23H29N3O7S2/c1-5-26(6-2)35(30,31)16-10-8-15(9-11-16)20(27)24-21-19(22(28)33-7-3)17-12-13-25(23(29)32-4)14-18(17)34-21/h8-11H,5-7,12-14H2,1-4H3,(H,24,27). The number of carbonyl (C=O) groups is 3. The lowest BCUT2D eigenvalue weighted by molar-refractivity contribution is 0.0526. The van der Waals surface area contributed by atoms with Gasteiger partial charge in [-0.2, -0.15) is 4.31 Å². The van der Waals surface area contributed by atoms with Gasteiger partial charge in [0.1, 0.15) is 5.00 Å². The van der Waals surface area contributed by atoms with Gasteiger partial charge in [0.15, 0.2) is 0 Å². The van der Waals surface area contributed by atoms with Crippen molar-refractivity contribution in [3.8, 4) is 0 Å². The average Bonchev–Trinajstić information content (AvgIpc) is 3.21. The van der Waals surface area contributed by atoms with Crippen LogP contribution >= 0.6 is 11.3 Å². The number of ether oxygens (including phenoxy) is 2. The molecule has 1 N–H and O–H groups in total. The lowest BCUT2D eigenvalue weighted by Gasteiger charge is -2.25. The number of hydrogen-bond donors (Lipinski definition) is 1. The van der Waals surface area contributed by atoms with Crippen molar-refractivity contribution >= 4 is 44.3 Å². The number of hydrogen-bond acceptors (Lipinski definition) is 8. The summed E-state index contributed by atoms with van der Waals surface area (Å²) in [6.07, 6.45) is -0.0462. The third-order valence-electron chi connectivity index (χ3n) is 5.66. The molecule has 35 heavy (non-hydrogen) atoms. The fourth-order valence-corrected chi connectivity index (χ4v) is 6.57. The number of rotatable bonds is 8. The Kier molecular flexibility index (Phi) is 8.51. The maximum Gasteiger partial charge on any atom is 0.409 e. The minimum absolute atomic E-state index is 0.0967. The van der Waals surface area contributed by atoms with Crippen molar-refractivity contribution in [3.05, 3.63) is 45.8 Å². The van der Waals surface area contributed by atoms with Crippen LogP contribution in [0.15, 0.2) is 29.2 Å². The van der Waals surface area contributed by atoms with Gasteiger partial charge in [-0.3, -0.25) is 4.79 Å². The minimum atomic E-state index is -3.64. The van der Waals surface area contributed by atoms with E-state index in [0.717, 1.165) is 10.4 Å². The predicted octanol–water partition coefficient (Wildman–Crippen LogP) is 3.33. The summed E-state index contributed by atoms with van der Waals surface area (Å²) >= 11 is 1.20. The van der Waals surface area contributed by atoms with Crippen LogP contribution in [-0.2, 0) is 32.5 Å². The number of sulfonamides is 1. The molecule has 2 aromatic rings. The molecule has 0 radical (unpaired) electrons. The van der Waals surface area contributed by atoms with E-state index < -0.39 is 28.0 Å². The number of nitrogens with one attached hydrogen (secondary N) is 1. The fraction of sp³-hybridized carbons (Fsp3) is 0.435. The maximum absolute atomic E-state index is 13.0. The highest BCUT2D eigenvalue weighted by Gasteiger charge is 2.31.